The largest absolute Gasteiger partial charge is 0.473 e. The molecule has 1 saturated carbocycles. The average Bonchev–Trinajstić information content (AvgIpc) is 2.64. The molecule has 1 aliphatic rings. The van der Waals surface area contributed by atoms with Gasteiger partial charge in [0.1, 0.15) is 0 Å². The van der Waals surface area contributed by atoms with Crippen LogP contribution in [0.15, 0.2) is 30.3 Å². The predicted octanol–water partition coefficient (Wildman–Crippen LogP) is 3.00. The highest BCUT2D eigenvalue weighted by Crippen LogP contribution is 2.30. The number of carboxylic acid groups (broad SMARTS) is 2. The number of aliphatic hydroxyl groups excluding tert-OH is 1. The van der Waals surface area contributed by atoms with Crippen molar-refractivity contribution in [2.75, 3.05) is 13.7 Å². The van der Waals surface area contributed by atoms with Crippen molar-refractivity contribution in [3.05, 3.63) is 35.9 Å². The van der Waals surface area contributed by atoms with Gasteiger partial charge in [-0.25, -0.2) is 9.59 Å². The van der Waals surface area contributed by atoms with E-state index in [4.69, 9.17) is 24.9 Å². The lowest BCUT2D eigenvalue weighted by Gasteiger charge is -2.34. The maximum atomic E-state index is 9.10. The maximum Gasteiger partial charge on any atom is 0.414 e. The van der Waals surface area contributed by atoms with E-state index >= 15 is 0 Å². The third-order valence-corrected chi connectivity index (χ3v) is 4.92. The second kappa shape index (κ2) is 12.4. The zero-order chi connectivity index (χ0) is 19.4. The first kappa shape index (κ1) is 22.1. The third-order valence-electron chi connectivity index (χ3n) is 4.92. The summed E-state index contributed by atoms with van der Waals surface area (Å²) in [5, 5.41) is 23.6. The number of carboxylic acids is 2. The molecule has 2 rings (SSSR count). The van der Waals surface area contributed by atoms with Crippen LogP contribution in [0.3, 0.4) is 0 Å². The molecular weight excluding hydrogens is 334 g/mol. The molecule has 26 heavy (non-hydrogen) atoms. The van der Waals surface area contributed by atoms with Gasteiger partial charge < -0.3 is 15.3 Å². The predicted molar refractivity (Wildman–Crippen MR) is 99.9 cm³/mol. The van der Waals surface area contributed by atoms with Gasteiger partial charge in [-0.3, -0.25) is 4.90 Å². The van der Waals surface area contributed by atoms with E-state index in [0.29, 0.717) is 6.61 Å². The molecule has 0 saturated heterocycles. The molecule has 0 aromatic heterocycles. The molecule has 0 aliphatic heterocycles. The van der Waals surface area contributed by atoms with Crippen LogP contribution >= 0.6 is 0 Å². The summed E-state index contributed by atoms with van der Waals surface area (Å²) in [5.74, 6) is -2.74. The van der Waals surface area contributed by atoms with Crippen molar-refractivity contribution in [2.45, 2.75) is 57.5 Å². The first-order valence-corrected chi connectivity index (χ1v) is 9.25. The smallest absolute Gasteiger partial charge is 0.414 e. The summed E-state index contributed by atoms with van der Waals surface area (Å²) in [5.41, 5.74) is 1.42. The van der Waals surface area contributed by atoms with Gasteiger partial charge in [-0.05, 0) is 50.6 Å². The van der Waals surface area contributed by atoms with Crippen LogP contribution in [0.2, 0.25) is 0 Å². The van der Waals surface area contributed by atoms with Crippen LogP contribution in [0.5, 0.6) is 0 Å². The van der Waals surface area contributed by atoms with E-state index in [9.17, 15) is 0 Å². The normalized spacial score (nSPS) is 19.5. The summed E-state index contributed by atoms with van der Waals surface area (Å²) in [6.07, 6.45) is 8.92. The minimum Gasteiger partial charge on any atom is -0.473 e. The van der Waals surface area contributed by atoms with Gasteiger partial charge in [0.25, 0.3) is 0 Å². The fourth-order valence-corrected chi connectivity index (χ4v) is 3.42. The molecule has 0 atom stereocenters. The summed E-state index contributed by atoms with van der Waals surface area (Å²) in [4.78, 5) is 20.7. The van der Waals surface area contributed by atoms with E-state index in [1.165, 1.54) is 44.1 Å². The molecule has 6 heteroatoms. The Kier molecular flexibility index (Phi) is 10.6. The van der Waals surface area contributed by atoms with Gasteiger partial charge in [0.05, 0.1) is 0 Å². The molecule has 3 N–H and O–H groups in total. The van der Waals surface area contributed by atoms with Crippen LogP contribution in [0, 0.1) is 5.92 Å². The number of aliphatic hydroxyl groups is 1. The van der Waals surface area contributed by atoms with E-state index in [-0.39, 0.29) is 0 Å². The Labute approximate surface area is 155 Å². The number of rotatable bonds is 7. The van der Waals surface area contributed by atoms with Crippen molar-refractivity contribution < 1.29 is 24.9 Å². The topological polar surface area (TPSA) is 98.1 Å². The van der Waals surface area contributed by atoms with E-state index in [2.05, 4.69) is 42.3 Å². The summed E-state index contributed by atoms with van der Waals surface area (Å²) >= 11 is 0. The standard InChI is InChI=1S/C18H29NO.C2H2O4/c1-19(15-17-8-3-2-4-9-17)18-12-10-16(11-13-18)7-5-6-14-20;3-1(4)2(5)6/h2-4,8-9,16,18,20H,5-7,10-15H2,1H3;(H,3,4)(H,5,6)/t16-,18+;. The second-order valence-corrected chi connectivity index (χ2v) is 6.90. The van der Waals surface area contributed by atoms with Crippen molar-refractivity contribution in [1.29, 1.82) is 0 Å². The van der Waals surface area contributed by atoms with Gasteiger partial charge >= 0.3 is 11.9 Å². The monoisotopic (exact) mass is 365 g/mol. The minimum absolute atomic E-state index is 0.356. The van der Waals surface area contributed by atoms with Gasteiger partial charge in [-0.2, -0.15) is 0 Å². The van der Waals surface area contributed by atoms with Crippen LogP contribution in [-0.4, -0.2) is 51.9 Å². The third kappa shape index (κ3) is 8.97. The number of hydrogen-bond donors (Lipinski definition) is 3. The van der Waals surface area contributed by atoms with Crippen LogP contribution in [0.1, 0.15) is 50.5 Å². The van der Waals surface area contributed by atoms with E-state index in [0.717, 1.165) is 24.9 Å². The van der Waals surface area contributed by atoms with E-state index in [1.807, 2.05) is 0 Å². The highest BCUT2D eigenvalue weighted by molar-refractivity contribution is 6.27. The molecule has 0 radical (unpaired) electrons. The lowest BCUT2D eigenvalue weighted by atomic mass is 9.82. The molecule has 0 amide bonds. The molecular formula is C20H31NO5. The lowest BCUT2D eigenvalue weighted by Crippen LogP contribution is -2.34. The number of nitrogens with zero attached hydrogens (tertiary/aromatic N) is 1. The molecule has 1 aromatic rings. The van der Waals surface area contributed by atoms with Crippen LogP contribution < -0.4 is 0 Å². The van der Waals surface area contributed by atoms with Gasteiger partial charge in [0.15, 0.2) is 0 Å². The first-order chi connectivity index (χ1) is 12.4. The fraction of sp³-hybridized carbons (Fsp3) is 0.600. The van der Waals surface area contributed by atoms with Crippen LogP contribution in [-0.2, 0) is 16.1 Å². The van der Waals surface area contributed by atoms with Crippen molar-refractivity contribution >= 4 is 11.9 Å². The molecule has 0 spiro atoms. The molecule has 1 aromatic carbocycles. The Bertz CT molecular complexity index is 514. The quantitative estimate of drug-likeness (QED) is 0.507. The van der Waals surface area contributed by atoms with Crippen molar-refractivity contribution in [3.8, 4) is 0 Å². The van der Waals surface area contributed by atoms with Crippen molar-refractivity contribution in [1.82, 2.24) is 4.90 Å². The fourth-order valence-electron chi connectivity index (χ4n) is 3.42. The average molecular weight is 365 g/mol. The highest BCUT2D eigenvalue weighted by atomic mass is 16.4. The van der Waals surface area contributed by atoms with E-state index < -0.39 is 11.9 Å². The summed E-state index contributed by atoms with van der Waals surface area (Å²) in [7, 11) is 2.27. The summed E-state index contributed by atoms with van der Waals surface area (Å²) < 4.78 is 0. The lowest BCUT2D eigenvalue weighted by molar-refractivity contribution is -0.159. The minimum atomic E-state index is -1.82. The molecule has 1 aliphatic carbocycles. The molecule has 6 nitrogen and oxygen atoms in total. The molecule has 146 valence electrons. The molecule has 0 bridgehead atoms. The summed E-state index contributed by atoms with van der Waals surface area (Å²) in [6.45, 7) is 1.43. The van der Waals surface area contributed by atoms with Crippen molar-refractivity contribution in [3.63, 3.8) is 0 Å². The Morgan fingerprint density at radius 3 is 2.08 bits per heavy atom. The molecule has 0 heterocycles. The highest BCUT2D eigenvalue weighted by Gasteiger charge is 2.23. The first-order valence-electron chi connectivity index (χ1n) is 9.25. The Morgan fingerprint density at radius 2 is 1.58 bits per heavy atom. The Balaban J connectivity index is 0.000000487. The van der Waals surface area contributed by atoms with Gasteiger partial charge in [0.2, 0.25) is 0 Å². The number of hydrogen-bond acceptors (Lipinski definition) is 4. The zero-order valence-corrected chi connectivity index (χ0v) is 15.5. The number of carbonyl (C=O) groups is 2. The van der Waals surface area contributed by atoms with E-state index in [1.54, 1.807) is 0 Å². The van der Waals surface area contributed by atoms with Crippen LogP contribution in [0.4, 0.5) is 0 Å². The van der Waals surface area contributed by atoms with Crippen molar-refractivity contribution in [2.24, 2.45) is 5.92 Å². The van der Waals surface area contributed by atoms with Gasteiger partial charge in [-0.1, -0.05) is 43.2 Å². The number of aliphatic carboxylic acids is 2. The van der Waals surface area contributed by atoms with Gasteiger partial charge in [0, 0.05) is 19.2 Å². The number of benzene rings is 1. The maximum absolute atomic E-state index is 9.10. The SMILES string of the molecule is CN(Cc1ccccc1)[C@H]1CC[C@@H](CCCCO)CC1.O=C(O)C(=O)O. The Morgan fingerprint density at radius 1 is 1.00 bits per heavy atom. The Hall–Kier alpha value is -1.92. The molecule has 0 unspecified atom stereocenters. The molecule has 1 fully saturated rings. The number of unbranched alkanes of at least 4 members (excludes halogenated alkanes) is 1. The second-order valence-electron chi connectivity index (χ2n) is 6.90. The summed E-state index contributed by atoms with van der Waals surface area (Å²) in [6, 6.07) is 11.5. The zero-order valence-electron chi connectivity index (χ0n) is 15.5. The van der Waals surface area contributed by atoms with Crippen LogP contribution in [0.25, 0.3) is 0 Å². The van der Waals surface area contributed by atoms with Gasteiger partial charge in [-0.15, -0.1) is 0 Å².